The Morgan fingerprint density at radius 2 is 1.91 bits per heavy atom. The molecule has 1 aliphatic carbocycles. The maximum absolute atomic E-state index is 12.6. The molecule has 0 radical (unpaired) electrons. The monoisotopic (exact) mass is 352 g/mol. The van der Waals surface area contributed by atoms with Crippen LogP contribution in [0.25, 0.3) is 0 Å². The number of carbonyl (C=O) groups excluding carboxylic acids is 2. The molecule has 2 aliphatic rings. The van der Waals surface area contributed by atoms with Crippen molar-refractivity contribution in [3.05, 3.63) is 45.1 Å². The molecule has 1 atom stereocenters. The minimum atomic E-state index is -0.312. The first-order valence-electron chi connectivity index (χ1n) is 7.62. The normalized spacial score (nSPS) is 22.0. The van der Waals surface area contributed by atoms with Gasteiger partial charge in [0.15, 0.2) is 5.78 Å². The zero-order valence-corrected chi connectivity index (χ0v) is 14.6. The number of hydrogen-bond acceptors (Lipinski definition) is 3. The standard InChI is InChI=1S/C17H18Cl2N2O2/c1-20(2)21-13-7-4-8-14(22)16(13)11(9-15(21)23)10-5-3-6-12(18)17(10)19/h3,5-6,11H,4,7-9H2,1-2H3/t11-/m1/s1. The number of rotatable bonds is 2. The molecule has 4 nitrogen and oxygen atoms in total. The number of benzene rings is 1. The summed E-state index contributed by atoms with van der Waals surface area (Å²) in [6.07, 6.45) is 2.23. The first kappa shape index (κ1) is 16.5. The highest BCUT2D eigenvalue weighted by molar-refractivity contribution is 6.42. The third-order valence-corrected chi connectivity index (χ3v) is 5.24. The maximum Gasteiger partial charge on any atom is 0.242 e. The van der Waals surface area contributed by atoms with E-state index in [0.717, 1.165) is 24.1 Å². The molecule has 122 valence electrons. The maximum atomic E-state index is 12.6. The van der Waals surface area contributed by atoms with Crippen LogP contribution in [0, 0.1) is 0 Å². The molecule has 0 aromatic heterocycles. The van der Waals surface area contributed by atoms with Crippen LogP contribution in [0.1, 0.15) is 37.2 Å². The highest BCUT2D eigenvalue weighted by Crippen LogP contribution is 2.44. The molecule has 1 amide bonds. The van der Waals surface area contributed by atoms with Gasteiger partial charge in [-0.25, -0.2) is 10.0 Å². The molecule has 3 rings (SSSR count). The number of nitrogens with zero attached hydrogens (tertiary/aromatic N) is 2. The Bertz CT molecular complexity index is 713. The van der Waals surface area contributed by atoms with E-state index < -0.39 is 0 Å². The lowest BCUT2D eigenvalue weighted by Crippen LogP contribution is -2.47. The first-order chi connectivity index (χ1) is 10.9. The average molecular weight is 353 g/mol. The fourth-order valence-corrected chi connectivity index (χ4v) is 3.93. The molecule has 0 spiro atoms. The largest absolute Gasteiger partial charge is 0.294 e. The molecule has 1 aromatic rings. The molecule has 0 saturated carbocycles. The van der Waals surface area contributed by atoms with Gasteiger partial charge in [-0.05, 0) is 24.5 Å². The summed E-state index contributed by atoms with van der Waals surface area (Å²) in [5.74, 6) is -0.233. The van der Waals surface area contributed by atoms with Gasteiger partial charge >= 0.3 is 0 Å². The van der Waals surface area contributed by atoms with E-state index in [1.54, 1.807) is 22.2 Å². The van der Waals surface area contributed by atoms with Crippen LogP contribution in [0.3, 0.4) is 0 Å². The van der Waals surface area contributed by atoms with E-state index in [1.807, 2.05) is 20.2 Å². The number of hydrogen-bond donors (Lipinski definition) is 0. The number of ketones is 1. The van der Waals surface area contributed by atoms with Gasteiger partial charge in [0.1, 0.15) is 0 Å². The van der Waals surface area contributed by atoms with Gasteiger partial charge in [-0.15, -0.1) is 0 Å². The highest BCUT2D eigenvalue weighted by Gasteiger charge is 2.40. The van der Waals surface area contributed by atoms with E-state index in [0.29, 0.717) is 22.0 Å². The van der Waals surface area contributed by atoms with Crippen LogP contribution >= 0.6 is 23.2 Å². The number of allylic oxidation sites excluding steroid dienone is 2. The molecule has 6 heteroatoms. The third-order valence-electron chi connectivity index (χ3n) is 4.40. The van der Waals surface area contributed by atoms with Crippen molar-refractivity contribution in [2.24, 2.45) is 0 Å². The SMILES string of the molecule is CN(C)N1C(=O)C[C@H](c2cccc(Cl)c2Cl)C2=C1CCCC2=O. The predicted molar refractivity (Wildman–Crippen MR) is 90.2 cm³/mol. The summed E-state index contributed by atoms with van der Waals surface area (Å²) in [6.45, 7) is 0. The molecular weight excluding hydrogens is 335 g/mol. The number of halogens is 2. The van der Waals surface area contributed by atoms with Gasteiger partial charge in [-0.1, -0.05) is 35.3 Å². The first-order valence-corrected chi connectivity index (χ1v) is 8.37. The van der Waals surface area contributed by atoms with Crippen LogP contribution in [-0.4, -0.2) is 35.8 Å². The zero-order chi connectivity index (χ0) is 16.7. The third kappa shape index (κ3) is 2.80. The lowest BCUT2D eigenvalue weighted by atomic mass is 9.77. The second kappa shape index (κ2) is 6.27. The van der Waals surface area contributed by atoms with Crippen molar-refractivity contribution in [2.75, 3.05) is 14.1 Å². The molecule has 0 N–H and O–H groups in total. The van der Waals surface area contributed by atoms with E-state index in [4.69, 9.17) is 23.2 Å². The average Bonchev–Trinajstić information content (AvgIpc) is 2.49. The summed E-state index contributed by atoms with van der Waals surface area (Å²) in [4.78, 5) is 25.2. The lowest BCUT2D eigenvalue weighted by molar-refractivity contribution is -0.143. The van der Waals surface area contributed by atoms with Gasteiger partial charge in [0, 0.05) is 44.1 Å². The fraction of sp³-hybridized carbons (Fsp3) is 0.412. The second-order valence-corrected chi connectivity index (χ2v) is 6.87. The quantitative estimate of drug-likeness (QED) is 0.812. The van der Waals surface area contributed by atoms with E-state index in [9.17, 15) is 9.59 Å². The zero-order valence-electron chi connectivity index (χ0n) is 13.1. The minimum Gasteiger partial charge on any atom is -0.294 e. The Labute approximate surface area is 145 Å². The topological polar surface area (TPSA) is 40.6 Å². The molecular formula is C17H18Cl2N2O2. The molecule has 1 aliphatic heterocycles. The molecule has 23 heavy (non-hydrogen) atoms. The second-order valence-electron chi connectivity index (χ2n) is 6.09. The van der Waals surface area contributed by atoms with Crippen molar-refractivity contribution in [1.29, 1.82) is 0 Å². The Kier molecular flexibility index (Phi) is 4.50. The van der Waals surface area contributed by atoms with Gasteiger partial charge in [0.2, 0.25) is 5.91 Å². The van der Waals surface area contributed by atoms with Crippen LogP contribution in [0.5, 0.6) is 0 Å². The summed E-state index contributed by atoms with van der Waals surface area (Å²) in [5, 5.41) is 4.24. The molecule has 0 bridgehead atoms. The molecule has 1 aromatic carbocycles. The van der Waals surface area contributed by atoms with Gasteiger partial charge in [-0.2, -0.15) is 0 Å². The molecule has 0 fully saturated rings. The number of Topliss-reactive ketones (excluding diaryl/α,β-unsaturated/α-hetero) is 1. The molecule has 0 unspecified atom stereocenters. The Balaban J connectivity index is 2.18. The van der Waals surface area contributed by atoms with Crippen molar-refractivity contribution in [3.63, 3.8) is 0 Å². The Morgan fingerprint density at radius 1 is 1.17 bits per heavy atom. The Hall–Kier alpha value is -1.36. The van der Waals surface area contributed by atoms with Gasteiger partial charge in [0.25, 0.3) is 0 Å². The van der Waals surface area contributed by atoms with Crippen molar-refractivity contribution in [3.8, 4) is 0 Å². The number of hydrazine groups is 1. The summed E-state index contributed by atoms with van der Waals surface area (Å²) in [5.41, 5.74) is 2.28. The predicted octanol–water partition coefficient (Wildman–Crippen LogP) is 3.79. The van der Waals surface area contributed by atoms with Crippen molar-refractivity contribution in [2.45, 2.75) is 31.6 Å². The van der Waals surface area contributed by atoms with Gasteiger partial charge in [0.05, 0.1) is 10.0 Å². The molecule has 1 heterocycles. The fourth-order valence-electron chi connectivity index (χ4n) is 3.50. The van der Waals surface area contributed by atoms with Crippen LogP contribution in [0.2, 0.25) is 10.0 Å². The Morgan fingerprint density at radius 3 is 2.61 bits per heavy atom. The van der Waals surface area contributed by atoms with Gasteiger partial charge < -0.3 is 0 Å². The van der Waals surface area contributed by atoms with E-state index in [1.165, 1.54) is 0 Å². The molecule has 0 saturated heterocycles. The summed E-state index contributed by atoms with van der Waals surface area (Å²) in [6, 6.07) is 5.37. The summed E-state index contributed by atoms with van der Waals surface area (Å²) < 4.78 is 0. The van der Waals surface area contributed by atoms with Crippen molar-refractivity contribution in [1.82, 2.24) is 10.0 Å². The summed E-state index contributed by atoms with van der Waals surface area (Å²) in [7, 11) is 3.63. The van der Waals surface area contributed by atoms with Crippen molar-refractivity contribution >= 4 is 34.9 Å². The number of carbonyl (C=O) groups is 2. The van der Waals surface area contributed by atoms with Crippen LogP contribution in [0.15, 0.2) is 29.5 Å². The summed E-state index contributed by atoms with van der Waals surface area (Å²) >= 11 is 12.5. The van der Waals surface area contributed by atoms with Crippen LogP contribution in [-0.2, 0) is 9.59 Å². The van der Waals surface area contributed by atoms with Crippen LogP contribution in [0.4, 0.5) is 0 Å². The van der Waals surface area contributed by atoms with Crippen molar-refractivity contribution < 1.29 is 9.59 Å². The smallest absolute Gasteiger partial charge is 0.242 e. The lowest BCUT2D eigenvalue weighted by Gasteiger charge is -2.41. The van der Waals surface area contributed by atoms with E-state index in [-0.39, 0.29) is 24.0 Å². The number of amides is 1. The minimum absolute atomic E-state index is 0.0236. The van der Waals surface area contributed by atoms with Gasteiger partial charge in [-0.3, -0.25) is 9.59 Å². The van der Waals surface area contributed by atoms with E-state index in [2.05, 4.69) is 0 Å². The van der Waals surface area contributed by atoms with Crippen LogP contribution < -0.4 is 0 Å². The van der Waals surface area contributed by atoms with E-state index >= 15 is 0 Å². The highest BCUT2D eigenvalue weighted by atomic mass is 35.5.